The molecule has 2 bridgehead atoms. The van der Waals surface area contributed by atoms with Gasteiger partial charge in [0, 0.05) is 30.6 Å². The number of aliphatic hydroxyl groups is 1. The Labute approximate surface area is 205 Å². The van der Waals surface area contributed by atoms with E-state index in [1.165, 1.54) is 18.1 Å². The maximum absolute atomic E-state index is 14.3. The smallest absolute Gasteiger partial charge is 0.410 e. The molecule has 1 aromatic carbocycles. The monoisotopic (exact) mass is 535 g/mol. The predicted octanol–water partition coefficient (Wildman–Crippen LogP) is 4.57. The Hall–Kier alpha value is -2.46. The Morgan fingerprint density at radius 3 is 2.56 bits per heavy atom. The molecule has 4 heterocycles. The highest BCUT2D eigenvalue weighted by molar-refractivity contribution is 9.10. The first-order chi connectivity index (χ1) is 16.0. The summed E-state index contributed by atoms with van der Waals surface area (Å²) in [5, 5.41) is 11.4. The van der Waals surface area contributed by atoms with Crippen LogP contribution in [0.15, 0.2) is 16.6 Å². The quantitative estimate of drug-likeness (QED) is 0.578. The van der Waals surface area contributed by atoms with Crippen molar-refractivity contribution in [3.8, 4) is 11.4 Å². The third-order valence-corrected chi connectivity index (χ3v) is 7.47. The van der Waals surface area contributed by atoms with Gasteiger partial charge in [0.15, 0.2) is 5.69 Å². The fourth-order valence-corrected chi connectivity index (χ4v) is 5.44. The van der Waals surface area contributed by atoms with Gasteiger partial charge in [0.1, 0.15) is 23.3 Å². The van der Waals surface area contributed by atoms with Crippen LogP contribution >= 0.6 is 15.9 Å². The Morgan fingerprint density at radius 1 is 1.26 bits per heavy atom. The molecule has 0 spiro atoms. The molecule has 1 unspecified atom stereocenters. The molecule has 1 amide bonds. The van der Waals surface area contributed by atoms with E-state index in [2.05, 4.69) is 20.9 Å². The SMILES string of the molecule is COC(=O)c1nc2n(c1C(O)C1CN(C(=O)OC(C)(C)C)C1)C1CC(C1)c1cc(F)c(Br)cc1-2. The highest BCUT2D eigenvalue weighted by Crippen LogP contribution is 2.54. The fourth-order valence-electron chi connectivity index (χ4n) is 5.09. The molecular weight excluding hydrogens is 509 g/mol. The molecule has 8 nitrogen and oxygen atoms in total. The lowest BCUT2D eigenvalue weighted by atomic mass is 9.75. The molecule has 0 radical (unpaired) electrons. The van der Waals surface area contributed by atoms with Crippen molar-refractivity contribution in [2.24, 2.45) is 5.92 Å². The van der Waals surface area contributed by atoms with Gasteiger partial charge in [-0.2, -0.15) is 0 Å². The number of aliphatic hydroxyl groups excluding tert-OH is 1. The summed E-state index contributed by atoms with van der Waals surface area (Å²) in [6, 6.07) is 3.25. The molecule has 1 saturated heterocycles. The molecule has 4 aliphatic rings. The van der Waals surface area contributed by atoms with Crippen molar-refractivity contribution in [3.63, 3.8) is 0 Å². The van der Waals surface area contributed by atoms with Crippen LogP contribution < -0.4 is 0 Å². The number of imidazole rings is 1. The molecule has 2 fully saturated rings. The molecule has 1 atom stereocenters. The zero-order valence-corrected chi connectivity index (χ0v) is 21.1. The van der Waals surface area contributed by atoms with Gasteiger partial charge >= 0.3 is 12.1 Å². The van der Waals surface area contributed by atoms with Crippen molar-refractivity contribution in [2.75, 3.05) is 20.2 Å². The highest BCUT2D eigenvalue weighted by Gasteiger charge is 2.46. The number of carbonyl (C=O) groups is 2. The summed E-state index contributed by atoms with van der Waals surface area (Å²) < 4.78 is 27.0. The van der Waals surface area contributed by atoms with Crippen LogP contribution in [0.4, 0.5) is 9.18 Å². The van der Waals surface area contributed by atoms with Crippen LogP contribution in [0.5, 0.6) is 0 Å². The molecule has 34 heavy (non-hydrogen) atoms. The fraction of sp³-hybridized carbons (Fsp3) is 0.542. The van der Waals surface area contributed by atoms with E-state index in [9.17, 15) is 19.1 Å². The van der Waals surface area contributed by atoms with E-state index < -0.39 is 23.8 Å². The van der Waals surface area contributed by atoms with Gasteiger partial charge in [-0.3, -0.25) is 0 Å². The van der Waals surface area contributed by atoms with Crippen LogP contribution in [-0.4, -0.2) is 57.4 Å². The average Bonchev–Trinajstić information content (AvgIpc) is 2.95. The second-order valence-corrected chi connectivity index (χ2v) is 11.2. The zero-order valence-electron chi connectivity index (χ0n) is 19.5. The average molecular weight is 536 g/mol. The van der Waals surface area contributed by atoms with Gasteiger partial charge in [-0.05, 0) is 73.2 Å². The van der Waals surface area contributed by atoms with E-state index in [1.54, 1.807) is 26.8 Å². The summed E-state index contributed by atoms with van der Waals surface area (Å²) >= 11 is 3.26. The van der Waals surface area contributed by atoms with Crippen LogP contribution in [0.25, 0.3) is 11.4 Å². The molecule has 182 valence electrons. The van der Waals surface area contributed by atoms with E-state index in [4.69, 9.17) is 9.47 Å². The standard InChI is InChI=1S/C24H27BrFN3O5/c1-24(2,3)34-23(32)28-9-12(10-28)20(30)19-18(22(31)33-4)27-21-15-7-16(25)17(26)8-14(15)11-5-13(6-11)29(19)21/h7-8,11-13,20,30H,5-6,9-10H2,1-4H3. The van der Waals surface area contributed by atoms with Crippen LogP contribution in [-0.2, 0) is 9.47 Å². The number of halogens is 2. The minimum Gasteiger partial charge on any atom is -0.464 e. The summed E-state index contributed by atoms with van der Waals surface area (Å²) in [6.45, 7) is 6.01. The molecule has 1 N–H and O–H groups in total. The number of likely N-dealkylation sites (tertiary alicyclic amines) is 1. The van der Waals surface area contributed by atoms with Crippen LogP contribution in [0, 0.1) is 11.7 Å². The minimum atomic E-state index is -1.03. The van der Waals surface area contributed by atoms with Crippen LogP contribution in [0.3, 0.4) is 0 Å². The molecular formula is C24H27BrFN3O5. The summed E-state index contributed by atoms with van der Waals surface area (Å²) in [7, 11) is 1.27. The second kappa shape index (κ2) is 8.05. The Balaban J connectivity index is 1.52. The molecule has 10 heteroatoms. The highest BCUT2D eigenvalue weighted by atomic mass is 79.9. The Bertz CT molecular complexity index is 1180. The van der Waals surface area contributed by atoms with E-state index in [-0.39, 0.29) is 29.4 Å². The lowest BCUT2D eigenvalue weighted by Gasteiger charge is -2.43. The predicted molar refractivity (Wildman–Crippen MR) is 124 cm³/mol. The first kappa shape index (κ1) is 23.3. The third-order valence-electron chi connectivity index (χ3n) is 6.87. The van der Waals surface area contributed by atoms with Gasteiger partial charge in [0.25, 0.3) is 0 Å². The van der Waals surface area contributed by atoms with Gasteiger partial charge in [0.05, 0.1) is 17.3 Å². The maximum atomic E-state index is 14.3. The second-order valence-electron chi connectivity index (χ2n) is 10.3. The maximum Gasteiger partial charge on any atom is 0.410 e. The molecule has 6 rings (SSSR count). The number of rotatable bonds is 3. The number of hydrogen-bond donors (Lipinski definition) is 1. The van der Waals surface area contributed by atoms with Gasteiger partial charge in [0.2, 0.25) is 0 Å². The van der Waals surface area contributed by atoms with E-state index >= 15 is 0 Å². The number of aromatic nitrogens is 2. The van der Waals surface area contributed by atoms with Crippen molar-refractivity contribution in [3.05, 3.63) is 39.4 Å². The summed E-state index contributed by atoms with van der Waals surface area (Å²) in [5.74, 6) is -0.542. The van der Waals surface area contributed by atoms with E-state index in [0.29, 0.717) is 29.1 Å². The molecule has 1 aliphatic carbocycles. The number of esters is 1. The van der Waals surface area contributed by atoms with Crippen LogP contribution in [0.2, 0.25) is 0 Å². The molecule has 1 saturated carbocycles. The van der Waals surface area contributed by atoms with Crippen molar-refractivity contribution >= 4 is 28.0 Å². The summed E-state index contributed by atoms with van der Waals surface area (Å²) in [5.41, 5.74) is 1.44. The number of nitrogens with zero attached hydrogens (tertiary/aromatic N) is 3. The number of methoxy groups -OCH3 is 1. The number of benzene rings is 1. The number of amides is 1. The van der Waals surface area contributed by atoms with Crippen LogP contribution in [0.1, 0.15) is 73.4 Å². The first-order valence-electron chi connectivity index (χ1n) is 11.3. The number of carbonyl (C=O) groups excluding carboxylic acids is 2. The normalized spacial score (nSPS) is 22.0. The minimum absolute atomic E-state index is 0.0341. The van der Waals surface area contributed by atoms with Crippen molar-refractivity contribution in [1.82, 2.24) is 14.5 Å². The summed E-state index contributed by atoms with van der Waals surface area (Å²) in [4.78, 5) is 31.2. The van der Waals surface area contributed by atoms with E-state index in [0.717, 1.165) is 24.0 Å². The van der Waals surface area contributed by atoms with Crippen molar-refractivity contribution < 1.29 is 28.6 Å². The number of hydrogen-bond acceptors (Lipinski definition) is 6. The Kier molecular flexibility index (Phi) is 5.51. The molecule has 2 aromatic rings. The lowest BCUT2D eigenvalue weighted by Crippen LogP contribution is -2.53. The van der Waals surface area contributed by atoms with Gasteiger partial charge < -0.3 is 24.0 Å². The van der Waals surface area contributed by atoms with Gasteiger partial charge in [-0.1, -0.05) is 0 Å². The topological polar surface area (TPSA) is 93.9 Å². The van der Waals surface area contributed by atoms with Gasteiger partial charge in [-0.25, -0.2) is 19.0 Å². The van der Waals surface area contributed by atoms with E-state index in [1.807, 2.05) is 4.57 Å². The largest absolute Gasteiger partial charge is 0.464 e. The van der Waals surface area contributed by atoms with Crippen molar-refractivity contribution in [2.45, 2.75) is 57.3 Å². The molecule has 3 aliphatic heterocycles. The first-order valence-corrected chi connectivity index (χ1v) is 12.1. The number of ether oxygens (including phenoxy) is 2. The summed E-state index contributed by atoms with van der Waals surface area (Å²) in [6.07, 6.45) is 0.0799. The van der Waals surface area contributed by atoms with Crippen molar-refractivity contribution in [1.29, 1.82) is 0 Å². The zero-order chi connectivity index (χ0) is 24.5. The molecule has 1 aromatic heterocycles. The van der Waals surface area contributed by atoms with Gasteiger partial charge in [-0.15, -0.1) is 0 Å². The lowest BCUT2D eigenvalue weighted by molar-refractivity contribution is -0.0342. The third kappa shape index (κ3) is 3.71. The Morgan fingerprint density at radius 2 is 1.94 bits per heavy atom.